The van der Waals surface area contributed by atoms with Gasteiger partial charge in [0.1, 0.15) is 11.0 Å². The molecule has 0 bridgehead atoms. The Morgan fingerprint density at radius 3 is 2.47 bits per heavy atom. The predicted molar refractivity (Wildman–Crippen MR) is 122 cm³/mol. The van der Waals surface area contributed by atoms with Crippen molar-refractivity contribution in [3.8, 4) is 22.8 Å². The summed E-state index contributed by atoms with van der Waals surface area (Å²) < 4.78 is 38.3. The lowest BCUT2D eigenvalue weighted by molar-refractivity contribution is -0.139. The number of nitrogens with zero attached hydrogens (tertiary/aromatic N) is 4. The average molecular weight is 477 g/mol. The largest absolute Gasteiger partial charge is 0.497 e. The zero-order valence-corrected chi connectivity index (χ0v) is 20.0. The minimum Gasteiger partial charge on any atom is -0.497 e. The molecule has 32 heavy (non-hydrogen) atoms. The smallest absolute Gasteiger partial charge is 0.318 e. The minimum absolute atomic E-state index is 0.136. The summed E-state index contributed by atoms with van der Waals surface area (Å²) in [5.41, 5.74) is 1.26. The lowest BCUT2D eigenvalue weighted by Gasteiger charge is -2.15. The molecule has 0 aliphatic carbocycles. The maximum Gasteiger partial charge on any atom is 0.318 e. The molecule has 0 saturated heterocycles. The van der Waals surface area contributed by atoms with Gasteiger partial charge in [0.15, 0.2) is 11.0 Å². The van der Waals surface area contributed by atoms with Crippen molar-refractivity contribution in [3.63, 3.8) is 0 Å². The van der Waals surface area contributed by atoms with Crippen molar-refractivity contribution in [1.29, 1.82) is 0 Å². The van der Waals surface area contributed by atoms with Crippen molar-refractivity contribution in [2.24, 2.45) is 0 Å². The zero-order chi connectivity index (χ0) is 23.5. The molecular formula is C21H24N4O5S2. The monoisotopic (exact) mass is 476 g/mol. The summed E-state index contributed by atoms with van der Waals surface area (Å²) in [6, 6.07) is 13.8. The summed E-state index contributed by atoms with van der Waals surface area (Å²) in [6.07, 6.45) is 0. The Balaban J connectivity index is 2.18. The molecule has 9 nitrogen and oxygen atoms in total. The molecule has 3 aromatic rings. The third-order valence-electron chi connectivity index (χ3n) is 4.63. The molecule has 0 saturated carbocycles. The Morgan fingerprint density at radius 1 is 1.09 bits per heavy atom. The Morgan fingerprint density at radius 2 is 1.81 bits per heavy atom. The van der Waals surface area contributed by atoms with E-state index in [-0.39, 0.29) is 4.90 Å². The Kier molecular flexibility index (Phi) is 7.22. The zero-order valence-electron chi connectivity index (χ0n) is 18.3. The molecular weight excluding hydrogens is 452 g/mol. The first-order valence-corrected chi connectivity index (χ1v) is 11.9. The van der Waals surface area contributed by atoms with E-state index in [0.29, 0.717) is 28.0 Å². The van der Waals surface area contributed by atoms with Gasteiger partial charge in [-0.1, -0.05) is 30.0 Å². The fourth-order valence-electron chi connectivity index (χ4n) is 2.89. The van der Waals surface area contributed by atoms with Crippen molar-refractivity contribution in [3.05, 3.63) is 48.5 Å². The Hall–Kier alpha value is -2.89. The van der Waals surface area contributed by atoms with Gasteiger partial charge in [-0.2, -0.15) is 0 Å². The lowest BCUT2D eigenvalue weighted by Crippen LogP contribution is -2.22. The third-order valence-corrected chi connectivity index (χ3v) is 7.46. The van der Waals surface area contributed by atoms with Gasteiger partial charge >= 0.3 is 5.97 Å². The highest BCUT2D eigenvalue weighted by Gasteiger charge is 2.24. The number of esters is 1. The van der Waals surface area contributed by atoms with Crippen LogP contribution in [0.25, 0.3) is 17.1 Å². The molecule has 0 spiro atoms. The van der Waals surface area contributed by atoms with E-state index in [2.05, 4.69) is 10.2 Å². The van der Waals surface area contributed by atoms with Crippen LogP contribution < -0.4 is 4.74 Å². The van der Waals surface area contributed by atoms with Crippen LogP contribution >= 0.6 is 11.8 Å². The van der Waals surface area contributed by atoms with Gasteiger partial charge in [0, 0.05) is 25.7 Å². The van der Waals surface area contributed by atoms with Gasteiger partial charge in [0.25, 0.3) is 0 Å². The van der Waals surface area contributed by atoms with Gasteiger partial charge in [-0.05, 0) is 31.2 Å². The molecule has 0 amide bonds. The SMILES string of the molecule is COC(=O)[C@H](C)Sc1nnc(-c2cccc(S(=O)(=O)N(C)C)c2)n1-c1cccc(OC)c1. The first-order chi connectivity index (χ1) is 15.2. The second-order valence-corrected chi connectivity index (χ2v) is 10.4. The van der Waals surface area contributed by atoms with E-state index in [4.69, 9.17) is 9.47 Å². The van der Waals surface area contributed by atoms with Crippen LogP contribution in [0.5, 0.6) is 5.75 Å². The van der Waals surface area contributed by atoms with Crippen molar-refractivity contribution in [2.75, 3.05) is 28.3 Å². The summed E-state index contributed by atoms with van der Waals surface area (Å²) >= 11 is 1.19. The van der Waals surface area contributed by atoms with Crippen LogP contribution in [-0.4, -0.2) is 67.0 Å². The van der Waals surface area contributed by atoms with E-state index in [0.717, 1.165) is 4.31 Å². The molecule has 0 N–H and O–H groups in total. The highest BCUT2D eigenvalue weighted by molar-refractivity contribution is 8.00. The number of thioether (sulfide) groups is 1. The number of carbonyl (C=O) groups is 1. The van der Waals surface area contributed by atoms with Crippen molar-refractivity contribution in [1.82, 2.24) is 19.1 Å². The molecule has 0 aliphatic heterocycles. The van der Waals surface area contributed by atoms with Gasteiger partial charge in [0.2, 0.25) is 10.0 Å². The summed E-state index contributed by atoms with van der Waals surface area (Å²) in [4.78, 5) is 12.1. The van der Waals surface area contributed by atoms with E-state index in [1.807, 2.05) is 18.2 Å². The van der Waals surface area contributed by atoms with Crippen molar-refractivity contribution in [2.45, 2.75) is 22.2 Å². The molecule has 0 aliphatic rings. The summed E-state index contributed by atoms with van der Waals surface area (Å²) in [5.74, 6) is 0.660. The van der Waals surface area contributed by atoms with Gasteiger partial charge in [0.05, 0.1) is 24.8 Å². The van der Waals surface area contributed by atoms with E-state index in [1.54, 1.807) is 42.9 Å². The number of ether oxygens (including phenoxy) is 2. The number of rotatable bonds is 8. The fraction of sp³-hybridized carbons (Fsp3) is 0.286. The molecule has 1 atom stereocenters. The minimum atomic E-state index is -3.63. The molecule has 1 aromatic heterocycles. The maximum atomic E-state index is 12.6. The summed E-state index contributed by atoms with van der Waals surface area (Å²) in [5, 5.41) is 8.52. The van der Waals surface area contributed by atoms with Gasteiger partial charge in [-0.25, -0.2) is 12.7 Å². The van der Waals surface area contributed by atoms with Crippen LogP contribution in [0.3, 0.4) is 0 Å². The second-order valence-electron chi connectivity index (χ2n) is 6.94. The topological polar surface area (TPSA) is 104 Å². The van der Waals surface area contributed by atoms with Gasteiger partial charge in [-0.3, -0.25) is 9.36 Å². The van der Waals surface area contributed by atoms with Crippen LogP contribution in [0.15, 0.2) is 58.6 Å². The molecule has 11 heteroatoms. The first-order valence-electron chi connectivity index (χ1n) is 9.56. The molecule has 1 heterocycles. The first kappa shape index (κ1) is 23.8. The van der Waals surface area contributed by atoms with Crippen LogP contribution in [0, 0.1) is 0 Å². The van der Waals surface area contributed by atoms with E-state index in [1.165, 1.54) is 39.0 Å². The molecule has 0 unspecified atom stereocenters. The van der Waals surface area contributed by atoms with Crippen LogP contribution in [0.2, 0.25) is 0 Å². The summed E-state index contributed by atoms with van der Waals surface area (Å²) in [6.45, 7) is 1.71. The fourth-order valence-corrected chi connectivity index (χ4v) is 4.74. The highest BCUT2D eigenvalue weighted by atomic mass is 32.2. The van der Waals surface area contributed by atoms with Gasteiger partial charge < -0.3 is 9.47 Å². The maximum absolute atomic E-state index is 12.6. The normalized spacial score (nSPS) is 12.6. The third kappa shape index (κ3) is 4.79. The van der Waals surface area contributed by atoms with E-state index < -0.39 is 21.2 Å². The number of aromatic nitrogens is 3. The quantitative estimate of drug-likeness (QED) is 0.361. The average Bonchev–Trinajstić information content (AvgIpc) is 3.21. The molecule has 3 rings (SSSR count). The number of benzene rings is 2. The number of hydrogen-bond acceptors (Lipinski definition) is 8. The number of sulfonamides is 1. The van der Waals surface area contributed by atoms with Crippen LogP contribution in [0.1, 0.15) is 6.92 Å². The lowest BCUT2D eigenvalue weighted by atomic mass is 10.2. The van der Waals surface area contributed by atoms with Crippen LogP contribution in [0.4, 0.5) is 0 Å². The number of hydrogen-bond donors (Lipinski definition) is 0. The molecule has 0 radical (unpaired) electrons. The Labute approximate surface area is 191 Å². The molecule has 170 valence electrons. The number of methoxy groups -OCH3 is 2. The predicted octanol–water partition coefficient (Wildman–Crippen LogP) is 2.85. The van der Waals surface area contributed by atoms with Crippen molar-refractivity contribution < 1.29 is 22.7 Å². The standard InChI is InChI=1S/C21H24N4O5S2/c1-14(20(26)30-5)31-21-23-22-19(25(21)16-9-7-10-17(13-16)29-4)15-8-6-11-18(12-15)32(27,28)24(2)3/h6-14H,1-5H3/t14-/m0/s1. The van der Waals surface area contributed by atoms with Crippen LogP contribution in [-0.2, 0) is 19.6 Å². The number of carbonyl (C=O) groups excluding carboxylic acids is 1. The Bertz CT molecular complexity index is 1220. The van der Waals surface area contributed by atoms with E-state index in [9.17, 15) is 13.2 Å². The molecule has 2 aromatic carbocycles. The van der Waals surface area contributed by atoms with E-state index >= 15 is 0 Å². The molecule has 0 fully saturated rings. The second kappa shape index (κ2) is 9.72. The highest BCUT2D eigenvalue weighted by Crippen LogP contribution is 2.32. The van der Waals surface area contributed by atoms with Crippen molar-refractivity contribution >= 4 is 27.8 Å². The summed E-state index contributed by atoms with van der Waals surface area (Å²) in [7, 11) is 2.21. The van der Waals surface area contributed by atoms with Gasteiger partial charge in [-0.15, -0.1) is 10.2 Å².